The molecule has 1 fully saturated rings. The minimum atomic E-state index is -0.270. The van der Waals surface area contributed by atoms with Crippen LogP contribution in [0.4, 0.5) is 15.8 Å². The SMILES string of the molecule is CC1(C)CC(Nc2cc(F)ccc2N)CCO1. The number of halogens is 1. The minimum absolute atomic E-state index is 0.127. The average Bonchev–Trinajstić information content (AvgIpc) is 2.22. The van der Waals surface area contributed by atoms with Gasteiger partial charge in [-0.25, -0.2) is 4.39 Å². The van der Waals surface area contributed by atoms with E-state index in [-0.39, 0.29) is 17.5 Å². The Labute approximate surface area is 101 Å². The van der Waals surface area contributed by atoms with E-state index in [9.17, 15) is 4.39 Å². The molecular weight excluding hydrogens is 219 g/mol. The van der Waals surface area contributed by atoms with Crippen molar-refractivity contribution in [1.82, 2.24) is 0 Å². The summed E-state index contributed by atoms with van der Waals surface area (Å²) in [7, 11) is 0. The van der Waals surface area contributed by atoms with E-state index in [1.54, 1.807) is 6.07 Å². The van der Waals surface area contributed by atoms with E-state index >= 15 is 0 Å². The highest BCUT2D eigenvalue weighted by Crippen LogP contribution is 2.28. The fourth-order valence-electron chi connectivity index (χ4n) is 2.23. The molecule has 3 nitrogen and oxygen atoms in total. The van der Waals surface area contributed by atoms with Gasteiger partial charge in [-0.05, 0) is 44.9 Å². The molecule has 1 unspecified atom stereocenters. The summed E-state index contributed by atoms with van der Waals surface area (Å²) in [6.45, 7) is 4.85. The molecule has 1 heterocycles. The second-order valence-electron chi connectivity index (χ2n) is 5.17. The van der Waals surface area contributed by atoms with E-state index in [1.165, 1.54) is 12.1 Å². The molecular formula is C13H19FN2O. The Morgan fingerprint density at radius 2 is 2.24 bits per heavy atom. The van der Waals surface area contributed by atoms with Crippen molar-refractivity contribution in [2.45, 2.75) is 38.3 Å². The molecule has 0 saturated carbocycles. The molecule has 1 atom stereocenters. The minimum Gasteiger partial charge on any atom is -0.397 e. The van der Waals surface area contributed by atoms with Crippen molar-refractivity contribution < 1.29 is 9.13 Å². The molecule has 4 heteroatoms. The third kappa shape index (κ3) is 3.09. The molecule has 17 heavy (non-hydrogen) atoms. The molecule has 0 spiro atoms. The lowest BCUT2D eigenvalue weighted by molar-refractivity contribution is -0.0553. The first-order valence-electron chi connectivity index (χ1n) is 5.92. The molecule has 0 aliphatic carbocycles. The standard InChI is InChI=1S/C13H19FN2O/c1-13(2)8-10(5-6-17-13)16-12-7-9(14)3-4-11(12)15/h3-4,7,10,16H,5-6,8,15H2,1-2H3. The van der Waals surface area contributed by atoms with Crippen LogP contribution in [0.25, 0.3) is 0 Å². The molecule has 0 amide bonds. The smallest absolute Gasteiger partial charge is 0.125 e. The Kier molecular flexibility index (Phi) is 3.24. The Morgan fingerprint density at radius 1 is 1.47 bits per heavy atom. The molecule has 94 valence electrons. The number of benzene rings is 1. The molecule has 0 radical (unpaired) electrons. The van der Waals surface area contributed by atoms with Crippen LogP contribution in [0.3, 0.4) is 0 Å². The molecule has 1 aromatic rings. The van der Waals surface area contributed by atoms with E-state index in [4.69, 9.17) is 10.5 Å². The second-order valence-corrected chi connectivity index (χ2v) is 5.17. The van der Waals surface area contributed by atoms with Gasteiger partial charge in [-0.1, -0.05) is 0 Å². The number of nitrogens with one attached hydrogen (secondary N) is 1. The third-order valence-corrected chi connectivity index (χ3v) is 3.07. The molecule has 0 aromatic heterocycles. The normalized spacial score (nSPS) is 23.4. The lowest BCUT2D eigenvalue weighted by Crippen LogP contribution is -2.40. The van der Waals surface area contributed by atoms with E-state index in [0.29, 0.717) is 11.4 Å². The maximum Gasteiger partial charge on any atom is 0.125 e. The Hall–Kier alpha value is -1.29. The van der Waals surface area contributed by atoms with Crippen LogP contribution in [0.15, 0.2) is 18.2 Å². The molecule has 3 N–H and O–H groups in total. The van der Waals surface area contributed by atoms with Crippen molar-refractivity contribution in [2.75, 3.05) is 17.7 Å². The predicted molar refractivity (Wildman–Crippen MR) is 67.5 cm³/mol. The molecule has 1 saturated heterocycles. The largest absolute Gasteiger partial charge is 0.397 e. The van der Waals surface area contributed by atoms with Gasteiger partial charge in [0.1, 0.15) is 5.82 Å². The maximum atomic E-state index is 13.1. The number of hydrogen-bond donors (Lipinski definition) is 2. The average molecular weight is 238 g/mol. The highest BCUT2D eigenvalue weighted by Gasteiger charge is 2.28. The van der Waals surface area contributed by atoms with Crippen LogP contribution in [-0.2, 0) is 4.74 Å². The highest BCUT2D eigenvalue weighted by atomic mass is 19.1. The van der Waals surface area contributed by atoms with Gasteiger partial charge in [0.05, 0.1) is 17.0 Å². The Balaban J connectivity index is 2.07. The summed E-state index contributed by atoms with van der Waals surface area (Å²) in [6, 6.07) is 4.68. The lowest BCUT2D eigenvalue weighted by atomic mass is 9.93. The number of hydrogen-bond acceptors (Lipinski definition) is 3. The summed E-state index contributed by atoms with van der Waals surface area (Å²) < 4.78 is 18.8. The van der Waals surface area contributed by atoms with Crippen molar-refractivity contribution >= 4 is 11.4 Å². The summed E-state index contributed by atoms with van der Waals surface area (Å²) in [6.07, 6.45) is 1.81. The number of rotatable bonds is 2. The van der Waals surface area contributed by atoms with Crippen LogP contribution in [0.1, 0.15) is 26.7 Å². The molecule has 1 aromatic carbocycles. The number of ether oxygens (including phenoxy) is 1. The van der Waals surface area contributed by atoms with Crippen molar-refractivity contribution in [3.05, 3.63) is 24.0 Å². The van der Waals surface area contributed by atoms with E-state index in [0.717, 1.165) is 19.4 Å². The van der Waals surface area contributed by atoms with Crippen LogP contribution in [0.5, 0.6) is 0 Å². The quantitative estimate of drug-likeness (QED) is 0.779. The predicted octanol–water partition coefficient (Wildman–Crippen LogP) is 2.78. The third-order valence-electron chi connectivity index (χ3n) is 3.07. The van der Waals surface area contributed by atoms with Crippen LogP contribution in [0.2, 0.25) is 0 Å². The summed E-state index contributed by atoms with van der Waals surface area (Å²) >= 11 is 0. The lowest BCUT2D eigenvalue weighted by Gasteiger charge is -2.36. The van der Waals surface area contributed by atoms with Gasteiger partial charge in [0, 0.05) is 12.6 Å². The Morgan fingerprint density at radius 3 is 2.94 bits per heavy atom. The van der Waals surface area contributed by atoms with Gasteiger partial charge in [-0.15, -0.1) is 0 Å². The maximum absolute atomic E-state index is 13.1. The topological polar surface area (TPSA) is 47.3 Å². The zero-order valence-corrected chi connectivity index (χ0v) is 10.3. The molecule has 2 rings (SSSR count). The van der Waals surface area contributed by atoms with Gasteiger partial charge in [0.25, 0.3) is 0 Å². The van der Waals surface area contributed by atoms with E-state index < -0.39 is 0 Å². The van der Waals surface area contributed by atoms with Gasteiger partial charge in [-0.2, -0.15) is 0 Å². The van der Waals surface area contributed by atoms with Crippen LogP contribution in [-0.4, -0.2) is 18.2 Å². The summed E-state index contributed by atoms with van der Waals surface area (Å²) in [5.74, 6) is -0.270. The van der Waals surface area contributed by atoms with Crippen molar-refractivity contribution in [1.29, 1.82) is 0 Å². The molecule has 1 aliphatic rings. The highest BCUT2D eigenvalue weighted by molar-refractivity contribution is 5.66. The molecule has 1 aliphatic heterocycles. The summed E-state index contributed by atoms with van der Waals surface area (Å²) in [5.41, 5.74) is 6.94. The number of nitrogen functional groups attached to an aromatic ring is 1. The van der Waals surface area contributed by atoms with E-state index in [1.807, 2.05) is 0 Å². The first-order valence-corrected chi connectivity index (χ1v) is 5.92. The fraction of sp³-hybridized carbons (Fsp3) is 0.538. The zero-order chi connectivity index (χ0) is 12.5. The Bertz CT molecular complexity index is 406. The van der Waals surface area contributed by atoms with Gasteiger partial charge < -0.3 is 15.8 Å². The zero-order valence-electron chi connectivity index (χ0n) is 10.3. The molecule has 0 bridgehead atoms. The van der Waals surface area contributed by atoms with Crippen molar-refractivity contribution in [2.24, 2.45) is 0 Å². The van der Waals surface area contributed by atoms with Crippen molar-refractivity contribution in [3.8, 4) is 0 Å². The van der Waals surface area contributed by atoms with Gasteiger partial charge in [-0.3, -0.25) is 0 Å². The monoisotopic (exact) mass is 238 g/mol. The van der Waals surface area contributed by atoms with Gasteiger partial charge in [0.15, 0.2) is 0 Å². The van der Waals surface area contributed by atoms with Crippen LogP contribution >= 0.6 is 0 Å². The first kappa shape index (κ1) is 12.2. The van der Waals surface area contributed by atoms with Crippen LogP contribution < -0.4 is 11.1 Å². The first-order chi connectivity index (χ1) is 7.96. The number of anilines is 2. The van der Waals surface area contributed by atoms with Crippen molar-refractivity contribution in [3.63, 3.8) is 0 Å². The fourth-order valence-corrected chi connectivity index (χ4v) is 2.23. The van der Waals surface area contributed by atoms with Crippen LogP contribution in [0, 0.1) is 5.82 Å². The second kappa shape index (κ2) is 4.53. The summed E-state index contributed by atoms with van der Waals surface area (Å²) in [5, 5.41) is 3.30. The van der Waals surface area contributed by atoms with E-state index in [2.05, 4.69) is 19.2 Å². The van der Waals surface area contributed by atoms with Gasteiger partial charge >= 0.3 is 0 Å². The summed E-state index contributed by atoms with van der Waals surface area (Å²) in [4.78, 5) is 0. The van der Waals surface area contributed by atoms with Gasteiger partial charge in [0.2, 0.25) is 0 Å². The number of nitrogens with two attached hydrogens (primary N) is 1.